The zero-order valence-corrected chi connectivity index (χ0v) is 11.7. The fourth-order valence-corrected chi connectivity index (χ4v) is 3.14. The third-order valence-electron chi connectivity index (χ3n) is 2.99. The standard InChI is InChI=1S/C13H12N4O3S/c18-21(19,15-9-6-10-4-7-14-8-5-10)12-3-1-2-11-13(12)17-20-16-11/h1-5,7-8,15H,6,9H2. The Morgan fingerprint density at radius 2 is 1.90 bits per heavy atom. The van der Waals surface area contributed by atoms with Crippen LogP contribution in [0.3, 0.4) is 0 Å². The smallest absolute Gasteiger partial charge is 0.242 e. The van der Waals surface area contributed by atoms with Crippen molar-refractivity contribution >= 4 is 21.1 Å². The maximum absolute atomic E-state index is 12.3. The lowest BCUT2D eigenvalue weighted by molar-refractivity contribution is 0.315. The van der Waals surface area contributed by atoms with Gasteiger partial charge in [-0.05, 0) is 46.6 Å². The van der Waals surface area contributed by atoms with Gasteiger partial charge in [-0.1, -0.05) is 6.07 Å². The fourth-order valence-electron chi connectivity index (χ4n) is 1.96. The zero-order chi connectivity index (χ0) is 14.7. The summed E-state index contributed by atoms with van der Waals surface area (Å²) >= 11 is 0. The maximum Gasteiger partial charge on any atom is 0.242 e. The van der Waals surface area contributed by atoms with Crippen LogP contribution in [0.25, 0.3) is 11.0 Å². The van der Waals surface area contributed by atoms with Crippen LogP contribution in [0.1, 0.15) is 5.56 Å². The molecule has 0 radical (unpaired) electrons. The van der Waals surface area contributed by atoms with Crippen molar-refractivity contribution < 1.29 is 13.0 Å². The van der Waals surface area contributed by atoms with E-state index in [1.807, 2.05) is 12.1 Å². The van der Waals surface area contributed by atoms with Gasteiger partial charge in [-0.2, -0.15) is 0 Å². The van der Waals surface area contributed by atoms with Crippen LogP contribution in [0, 0.1) is 0 Å². The predicted octanol–water partition coefficient (Wildman–Crippen LogP) is 1.14. The van der Waals surface area contributed by atoms with Gasteiger partial charge in [0, 0.05) is 18.9 Å². The summed E-state index contributed by atoms with van der Waals surface area (Å²) in [6.07, 6.45) is 3.92. The highest BCUT2D eigenvalue weighted by Gasteiger charge is 2.19. The Hall–Kier alpha value is -2.32. The molecule has 0 unspecified atom stereocenters. The summed E-state index contributed by atoms with van der Waals surface area (Å²) in [6, 6.07) is 8.40. The van der Waals surface area contributed by atoms with E-state index < -0.39 is 10.0 Å². The van der Waals surface area contributed by atoms with Gasteiger partial charge in [0.15, 0.2) is 5.52 Å². The molecule has 0 saturated heterocycles. The first-order valence-corrected chi connectivity index (χ1v) is 7.75. The summed E-state index contributed by atoms with van der Waals surface area (Å²) in [6.45, 7) is 0.286. The minimum absolute atomic E-state index is 0.0657. The van der Waals surface area contributed by atoms with E-state index in [-0.39, 0.29) is 17.0 Å². The van der Waals surface area contributed by atoms with Crippen LogP contribution in [-0.2, 0) is 16.4 Å². The minimum Gasteiger partial charge on any atom is -0.265 e. The molecule has 8 heteroatoms. The molecule has 0 atom stereocenters. The molecule has 0 fully saturated rings. The molecule has 0 aliphatic heterocycles. The Bertz CT molecular complexity index is 846. The number of benzene rings is 1. The SMILES string of the molecule is O=S(=O)(NCCc1ccncc1)c1cccc2nonc12. The molecule has 0 spiro atoms. The number of nitrogens with zero attached hydrogens (tertiary/aromatic N) is 3. The van der Waals surface area contributed by atoms with Crippen molar-refractivity contribution in [1.29, 1.82) is 0 Å². The van der Waals surface area contributed by atoms with Crippen molar-refractivity contribution in [2.75, 3.05) is 6.54 Å². The largest absolute Gasteiger partial charge is 0.265 e. The van der Waals surface area contributed by atoms with Crippen LogP contribution in [0.15, 0.2) is 52.3 Å². The Morgan fingerprint density at radius 1 is 1.10 bits per heavy atom. The lowest BCUT2D eigenvalue weighted by atomic mass is 10.2. The lowest BCUT2D eigenvalue weighted by Crippen LogP contribution is -2.26. The van der Waals surface area contributed by atoms with Crippen LogP contribution in [0.5, 0.6) is 0 Å². The third kappa shape index (κ3) is 2.91. The van der Waals surface area contributed by atoms with Gasteiger partial charge in [0.25, 0.3) is 0 Å². The number of pyridine rings is 1. The Balaban J connectivity index is 1.77. The first kappa shape index (κ1) is 13.7. The zero-order valence-electron chi connectivity index (χ0n) is 10.9. The Labute approximate surface area is 121 Å². The molecule has 1 N–H and O–H groups in total. The summed E-state index contributed by atoms with van der Waals surface area (Å²) in [5.74, 6) is 0. The summed E-state index contributed by atoms with van der Waals surface area (Å²) < 4.78 is 31.7. The van der Waals surface area contributed by atoms with E-state index in [1.165, 1.54) is 6.07 Å². The highest BCUT2D eigenvalue weighted by molar-refractivity contribution is 7.89. The van der Waals surface area contributed by atoms with E-state index in [2.05, 4.69) is 24.6 Å². The fraction of sp³-hybridized carbons (Fsp3) is 0.154. The van der Waals surface area contributed by atoms with Crippen molar-refractivity contribution in [1.82, 2.24) is 20.0 Å². The summed E-state index contributed by atoms with van der Waals surface area (Å²) in [7, 11) is -3.66. The number of aromatic nitrogens is 3. The molecule has 21 heavy (non-hydrogen) atoms. The second kappa shape index (κ2) is 5.58. The van der Waals surface area contributed by atoms with E-state index >= 15 is 0 Å². The second-order valence-electron chi connectivity index (χ2n) is 4.39. The molecule has 0 bridgehead atoms. The van der Waals surface area contributed by atoms with Crippen molar-refractivity contribution in [3.8, 4) is 0 Å². The van der Waals surface area contributed by atoms with Gasteiger partial charge >= 0.3 is 0 Å². The van der Waals surface area contributed by atoms with Crippen LogP contribution in [0.2, 0.25) is 0 Å². The molecule has 0 saturated carbocycles. The highest BCUT2D eigenvalue weighted by atomic mass is 32.2. The Morgan fingerprint density at radius 3 is 2.71 bits per heavy atom. The van der Waals surface area contributed by atoms with Crippen molar-refractivity contribution in [2.24, 2.45) is 0 Å². The quantitative estimate of drug-likeness (QED) is 0.759. The Kier molecular flexibility index (Phi) is 3.63. The molecule has 7 nitrogen and oxygen atoms in total. The molecular weight excluding hydrogens is 292 g/mol. The summed E-state index contributed by atoms with van der Waals surface area (Å²) in [4.78, 5) is 3.98. The average molecular weight is 304 g/mol. The molecule has 0 aliphatic rings. The van der Waals surface area contributed by atoms with Gasteiger partial charge in [0.05, 0.1) is 0 Å². The van der Waals surface area contributed by atoms with Gasteiger partial charge in [-0.25, -0.2) is 17.8 Å². The van der Waals surface area contributed by atoms with Gasteiger partial charge in [0.1, 0.15) is 10.4 Å². The number of sulfonamides is 1. The van der Waals surface area contributed by atoms with Gasteiger partial charge < -0.3 is 0 Å². The molecule has 2 aromatic heterocycles. The first-order chi connectivity index (χ1) is 10.2. The maximum atomic E-state index is 12.3. The highest BCUT2D eigenvalue weighted by Crippen LogP contribution is 2.19. The topological polar surface area (TPSA) is 98.0 Å². The van der Waals surface area contributed by atoms with Crippen molar-refractivity contribution in [3.05, 3.63) is 48.3 Å². The lowest BCUT2D eigenvalue weighted by Gasteiger charge is -2.06. The van der Waals surface area contributed by atoms with Crippen LogP contribution in [-0.4, -0.2) is 30.3 Å². The van der Waals surface area contributed by atoms with E-state index in [9.17, 15) is 8.42 Å². The van der Waals surface area contributed by atoms with E-state index in [0.717, 1.165) is 5.56 Å². The number of rotatable bonds is 5. The van der Waals surface area contributed by atoms with E-state index in [4.69, 9.17) is 0 Å². The molecular formula is C13H12N4O3S. The second-order valence-corrected chi connectivity index (χ2v) is 6.13. The number of fused-ring (bicyclic) bond motifs is 1. The monoisotopic (exact) mass is 304 g/mol. The van der Waals surface area contributed by atoms with Crippen LogP contribution in [0.4, 0.5) is 0 Å². The van der Waals surface area contributed by atoms with Gasteiger partial charge in [-0.3, -0.25) is 4.98 Å². The average Bonchev–Trinajstić information content (AvgIpc) is 2.96. The normalized spacial score (nSPS) is 11.8. The van der Waals surface area contributed by atoms with E-state index in [0.29, 0.717) is 11.9 Å². The third-order valence-corrected chi connectivity index (χ3v) is 4.49. The molecule has 3 rings (SSSR count). The first-order valence-electron chi connectivity index (χ1n) is 6.27. The summed E-state index contributed by atoms with van der Waals surface area (Å²) in [5, 5.41) is 7.27. The number of nitrogens with one attached hydrogen (secondary N) is 1. The molecule has 0 aliphatic carbocycles. The molecule has 0 amide bonds. The minimum atomic E-state index is -3.66. The van der Waals surface area contributed by atoms with Gasteiger partial charge in [0.2, 0.25) is 10.0 Å². The van der Waals surface area contributed by atoms with Crippen LogP contribution >= 0.6 is 0 Å². The van der Waals surface area contributed by atoms with Crippen molar-refractivity contribution in [3.63, 3.8) is 0 Å². The predicted molar refractivity (Wildman–Crippen MR) is 74.9 cm³/mol. The number of hydrogen-bond acceptors (Lipinski definition) is 6. The van der Waals surface area contributed by atoms with E-state index in [1.54, 1.807) is 24.5 Å². The summed E-state index contributed by atoms with van der Waals surface area (Å²) in [5.41, 5.74) is 1.65. The van der Waals surface area contributed by atoms with Gasteiger partial charge in [-0.15, -0.1) is 0 Å². The molecule has 108 valence electrons. The van der Waals surface area contributed by atoms with Crippen molar-refractivity contribution in [2.45, 2.75) is 11.3 Å². The van der Waals surface area contributed by atoms with Crippen LogP contribution < -0.4 is 4.72 Å². The number of hydrogen-bond donors (Lipinski definition) is 1. The molecule has 1 aromatic carbocycles. The molecule has 2 heterocycles. The molecule has 3 aromatic rings.